The first-order valence-corrected chi connectivity index (χ1v) is 9.24. The summed E-state index contributed by atoms with van der Waals surface area (Å²) in [4.78, 5) is 24.4. The first-order valence-electron chi connectivity index (χ1n) is 9.24. The largest absolute Gasteiger partial charge is 0.507 e. The van der Waals surface area contributed by atoms with Crippen molar-refractivity contribution in [2.75, 3.05) is 0 Å². The van der Waals surface area contributed by atoms with Crippen LogP contribution in [0.5, 0.6) is 34.5 Å². The van der Waals surface area contributed by atoms with Gasteiger partial charge in [0.15, 0.2) is 22.7 Å². The predicted octanol–water partition coefficient (Wildman–Crippen LogP) is 2.47. The predicted molar refractivity (Wildman–Crippen MR) is 112 cm³/mol. The standard InChI is InChI=1S/C22H16O10/c23-13-7-5-9-15(25)11(21(29)31-19(9)17(13)27)3-1-2-4-12-16(26)10-6-8-14(24)18(28)20(10)32-22(12)30/h1-2,5-8,23-28H,3-4H2. The first-order chi connectivity index (χ1) is 15.2. The SMILES string of the molecule is O=c1oc2c(O)c(O)ccc2c(O)c1CC=CCc1c(O)c2ccc(O)c(O)c2oc1=O. The first kappa shape index (κ1) is 20.7. The maximum atomic E-state index is 12.2. The molecular formula is C22H16O10. The number of aromatic hydroxyl groups is 6. The summed E-state index contributed by atoms with van der Waals surface area (Å²) in [7, 11) is 0. The molecule has 4 rings (SSSR count). The summed E-state index contributed by atoms with van der Waals surface area (Å²) in [5.74, 6) is -3.22. The van der Waals surface area contributed by atoms with Crippen molar-refractivity contribution in [1.82, 2.24) is 0 Å². The lowest BCUT2D eigenvalue weighted by Crippen LogP contribution is -2.08. The molecule has 2 aromatic heterocycles. The minimum Gasteiger partial charge on any atom is -0.507 e. The fourth-order valence-electron chi connectivity index (χ4n) is 3.29. The Morgan fingerprint density at radius 2 is 0.969 bits per heavy atom. The van der Waals surface area contributed by atoms with Gasteiger partial charge in [-0.25, -0.2) is 9.59 Å². The van der Waals surface area contributed by atoms with E-state index < -0.39 is 45.7 Å². The summed E-state index contributed by atoms with van der Waals surface area (Å²) < 4.78 is 10.00. The van der Waals surface area contributed by atoms with Gasteiger partial charge in [0.2, 0.25) is 11.5 Å². The van der Waals surface area contributed by atoms with Crippen LogP contribution in [-0.4, -0.2) is 30.6 Å². The molecule has 10 heteroatoms. The maximum Gasteiger partial charge on any atom is 0.343 e. The van der Waals surface area contributed by atoms with Crippen LogP contribution in [0.25, 0.3) is 21.9 Å². The van der Waals surface area contributed by atoms with Crippen molar-refractivity contribution in [2.45, 2.75) is 12.8 Å². The zero-order valence-corrected chi connectivity index (χ0v) is 16.2. The zero-order valence-electron chi connectivity index (χ0n) is 16.2. The third kappa shape index (κ3) is 3.23. The molecule has 32 heavy (non-hydrogen) atoms. The molecule has 2 aromatic carbocycles. The minimum absolute atomic E-state index is 0.0270. The molecule has 0 aliphatic carbocycles. The molecule has 0 unspecified atom stereocenters. The number of benzene rings is 2. The van der Waals surface area contributed by atoms with E-state index in [2.05, 4.69) is 0 Å². The Morgan fingerprint density at radius 3 is 1.34 bits per heavy atom. The lowest BCUT2D eigenvalue weighted by molar-refractivity contribution is 0.394. The van der Waals surface area contributed by atoms with Gasteiger partial charge in [0.25, 0.3) is 0 Å². The molecule has 0 spiro atoms. The number of hydrogen-bond donors (Lipinski definition) is 6. The van der Waals surface area contributed by atoms with Gasteiger partial charge in [-0.05, 0) is 24.3 Å². The van der Waals surface area contributed by atoms with Crippen molar-refractivity contribution in [3.8, 4) is 34.5 Å². The van der Waals surface area contributed by atoms with Crippen molar-refractivity contribution in [3.05, 3.63) is 68.4 Å². The van der Waals surface area contributed by atoms with E-state index in [-0.39, 0.29) is 45.9 Å². The lowest BCUT2D eigenvalue weighted by Gasteiger charge is -2.07. The van der Waals surface area contributed by atoms with Gasteiger partial charge in [-0.3, -0.25) is 0 Å². The zero-order chi connectivity index (χ0) is 23.2. The van der Waals surface area contributed by atoms with Crippen molar-refractivity contribution < 1.29 is 39.5 Å². The Kier molecular flexibility index (Phi) is 4.90. The smallest absolute Gasteiger partial charge is 0.343 e. The third-order valence-corrected chi connectivity index (χ3v) is 5.00. The van der Waals surface area contributed by atoms with E-state index >= 15 is 0 Å². The second kappa shape index (κ2) is 7.58. The number of rotatable bonds is 4. The van der Waals surface area contributed by atoms with Gasteiger partial charge in [0.05, 0.1) is 21.9 Å². The Morgan fingerprint density at radius 1 is 0.594 bits per heavy atom. The molecule has 0 saturated carbocycles. The van der Waals surface area contributed by atoms with Crippen LogP contribution in [-0.2, 0) is 12.8 Å². The minimum atomic E-state index is -0.927. The van der Waals surface area contributed by atoms with Gasteiger partial charge in [-0.1, -0.05) is 12.2 Å². The fraction of sp³-hybridized carbons (Fsp3) is 0.0909. The van der Waals surface area contributed by atoms with E-state index in [1.165, 1.54) is 24.3 Å². The number of hydrogen-bond acceptors (Lipinski definition) is 10. The molecule has 0 bridgehead atoms. The van der Waals surface area contributed by atoms with Gasteiger partial charge in [0, 0.05) is 12.8 Å². The van der Waals surface area contributed by atoms with Crippen LogP contribution in [0, 0.1) is 0 Å². The molecule has 0 aliphatic heterocycles. The van der Waals surface area contributed by atoms with Crippen LogP contribution in [0.3, 0.4) is 0 Å². The topological polar surface area (TPSA) is 182 Å². The normalized spacial score (nSPS) is 11.6. The third-order valence-electron chi connectivity index (χ3n) is 5.00. The molecule has 4 aromatic rings. The highest BCUT2D eigenvalue weighted by Gasteiger charge is 2.19. The van der Waals surface area contributed by atoms with E-state index in [1.54, 1.807) is 0 Å². The van der Waals surface area contributed by atoms with Crippen molar-refractivity contribution in [3.63, 3.8) is 0 Å². The quantitative estimate of drug-likeness (QED) is 0.157. The summed E-state index contributed by atoms with van der Waals surface area (Å²) in [5, 5.41) is 59.4. The lowest BCUT2D eigenvalue weighted by atomic mass is 10.1. The highest BCUT2D eigenvalue weighted by Crippen LogP contribution is 2.38. The molecule has 6 N–H and O–H groups in total. The Hall–Kier alpha value is -4.60. The highest BCUT2D eigenvalue weighted by molar-refractivity contribution is 5.91. The second-order valence-corrected chi connectivity index (χ2v) is 6.93. The van der Waals surface area contributed by atoms with Crippen molar-refractivity contribution in [2.24, 2.45) is 0 Å². The van der Waals surface area contributed by atoms with Crippen LogP contribution >= 0.6 is 0 Å². The van der Waals surface area contributed by atoms with Crippen LogP contribution in [0.1, 0.15) is 11.1 Å². The average molecular weight is 440 g/mol. The Balaban J connectivity index is 1.64. The van der Waals surface area contributed by atoms with Crippen molar-refractivity contribution >= 4 is 21.9 Å². The summed E-state index contributed by atoms with van der Waals surface area (Å²) in [6.45, 7) is 0. The van der Waals surface area contributed by atoms with E-state index in [9.17, 15) is 40.2 Å². The van der Waals surface area contributed by atoms with Gasteiger partial charge in [-0.2, -0.15) is 0 Å². The molecule has 2 heterocycles. The van der Waals surface area contributed by atoms with Crippen LogP contribution in [0.2, 0.25) is 0 Å². The summed E-state index contributed by atoms with van der Waals surface area (Å²) >= 11 is 0. The molecular weight excluding hydrogens is 424 g/mol. The van der Waals surface area contributed by atoms with E-state index in [1.807, 2.05) is 0 Å². The number of phenolic OH excluding ortho intramolecular Hbond substituents is 4. The van der Waals surface area contributed by atoms with E-state index in [4.69, 9.17) is 8.83 Å². The van der Waals surface area contributed by atoms with Crippen LogP contribution < -0.4 is 11.3 Å². The monoisotopic (exact) mass is 440 g/mol. The van der Waals surface area contributed by atoms with Crippen LogP contribution in [0.4, 0.5) is 0 Å². The molecule has 0 fully saturated rings. The average Bonchev–Trinajstić information content (AvgIpc) is 2.75. The van der Waals surface area contributed by atoms with Gasteiger partial charge in [0.1, 0.15) is 11.5 Å². The second-order valence-electron chi connectivity index (χ2n) is 6.93. The summed E-state index contributed by atoms with van der Waals surface area (Å²) in [5.41, 5.74) is -2.79. The number of phenols is 4. The maximum absolute atomic E-state index is 12.2. The summed E-state index contributed by atoms with van der Waals surface area (Å²) in [6, 6.07) is 4.83. The Labute approximate surface area is 177 Å². The number of fused-ring (bicyclic) bond motifs is 2. The fourth-order valence-corrected chi connectivity index (χ4v) is 3.29. The molecule has 10 nitrogen and oxygen atoms in total. The molecule has 164 valence electrons. The van der Waals surface area contributed by atoms with Crippen LogP contribution in [0.15, 0.2) is 54.8 Å². The van der Waals surface area contributed by atoms with Crippen molar-refractivity contribution in [1.29, 1.82) is 0 Å². The molecule has 0 radical (unpaired) electrons. The molecule has 0 aliphatic rings. The Bertz CT molecular complexity index is 1410. The highest BCUT2D eigenvalue weighted by atomic mass is 16.4. The van der Waals surface area contributed by atoms with Gasteiger partial charge >= 0.3 is 11.3 Å². The van der Waals surface area contributed by atoms with Gasteiger partial charge in [-0.15, -0.1) is 0 Å². The molecule has 0 amide bonds. The molecule has 0 atom stereocenters. The van der Waals surface area contributed by atoms with E-state index in [0.29, 0.717) is 0 Å². The summed E-state index contributed by atoms with van der Waals surface area (Å²) in [6.07, 6.45) is 2.71. The molecule has 0 saturated heterocycles. The van der Waals surface area contributed by atoms with Gasteiger partial charge < -0.3 is 39.5 Å². The van der Waals surface area contributed by atoms with E-state index in [0.717, 1.165) is 12.1 Å². The number of allylic oxidation sites excluding steroid dienone is 2.